The third-order valence-corrected chi connectivity index (χ3v) is 2.31. The molecule has 18 heavy (non-hydrogen) atoms. The lowest BCUT2D eigenvalue weighted by Crippen LogP contribution is -1.93. The molecule has 0 amide bonds. The molecule has 2 aromatic carbocycles. The van der Waals surface area contributed by atoms with Crippen molar-refractivity contribution in [2.24, 2.45) is 5.16 Å². The normalized spacial score (nSPS) is 10.8. The van der Waals surface area contributed by atoms with Gasteiger partial charge in [-0.2, -0.15) is 0 Å². The lowest BCUT2D eigenvalue weighted by Gasteiger charge is -2.01. The molecule has 92 valence electrons. The minimum absolute atomic E-state index is 0.0323. The molecule has 0 aliphatic heterocycles. The largest absolute Gasteiger partial charge is 0.391 e. The second-order valence-corrected chi connectivity index (χ2v) is 3.65. The Bertz CT molecular complexity index is 541. The molecule has 0 fully saturated rings. The van der Waals surface area contributed by atoms with E-state index in [0.29, 0.717) is 0 Å². The van der Waals surface area contributed by atoms with E-state index in [2.05, 4.69) is 5.16 Å². The van der Waals surface area contributed by atoms with E-state index in [1.165, 1.54) is 18.3 Å². The first-order chi connectivity index (χ1) is 8.75. The zero-order valence-electron chi connectivity index (χ0n) is 9.51. The summed E-state index contributed by atoms with van der Waals surface area (Å²) in [6.07, 6.45) is 1.53. The van der Waals surface area contributed by atoms with Gasteiger partial charge in [0.05, 0.1) is 6.21 Å². The monoisotopic (exact) mass is 247 g/mol. The van der Waals surface area contributed by atoms with Gasteiger partial charge in [-0.1, -0.05) is 35.5 Å². The highest BCUT2D eigenvalue weighted by Crippen LogP contribution is 2.10. The standard InChI is InChI=1S/C14H11F2NO/c15-13-7-6-12(14(16)8-13)10-18-17-9-11-4-2-1-3-5-11/h1-9H,10H2. The van der Waals surface area contributed by atoms with Gasteiger partial charge in [0.25, 0.3) is 0 Å². The van der Waals surface area contributed by atoms with Crippen molar-refractivity contribution in [1.82, 2.24) is 0 Å². The second-order valence-electron chi connectivity index (χ2n) is 3.65. The Balaban J connectivity index is 1.91. The Labute approximate surface area is 104 Å². The number of oxime groups is 1. The molecule has 4 heteroatoms. The SMILES string of the molecule is Fc1ccc(CON=Cc2ccccc2)c(F)c1. The Morgan fingerprint density at radius 3 is 2.56 bits per heavy atom. The summed E-state index contributed by atoms with van der Waals surface area (Å²) in [4.78, 5) is 4.95. The van der Waals surface area contributed by atoms with E-state index in [1.807, 2.05) is 30.3 Å². The van der Waals surface area contributed by atoms with Crippen LogP contribution < -0.4 is 0 Å². The van der Waals surface area contributed by atoms with Gasteiger partial charge >= 0.3 is 0 Å². The number of hydrogen-bond acceptors (Lipinski definition) is 2. The van der Waals surface area contributed by atoms with Gasteiger partial charge in [-0.15, -0.1) is 0 Å². The summed E-state index contributed by atoms with van der Waals surface area (Å²) < 4.78 is 25.9. The van der Waals surface area contributed by atoms with Crippen LogP contribution in [0.2, 0.25) is 0 Å². The molecule has 0 saturated carbocycles. The van der Waals surface area contributed by atoms with Gasteiger partial charge in [0.2, 0.25) is 0 Å². The first-order valence-electron chi connectivity index (χ1n) is 5.40. The molecule has 0 radical (unpaired) electrons. The highest BCUT2D eigenvalue weighted by atomic mass is 19.1. The van der Waals surface area contributed by atoms with Crippen LogP contribution in [0.1, 0.15) is 11.1 Å². The zero-order chi connectivity index (χ0) is 12.8. The van der Waals surface area contributed by atoms with Crippen LogP contribution in [-0.2, 0) is 11.4 Å². The Morgan fingerprint density at radius 2 is 1.83 bits per heavy atom. The molecule has 0 N–H and O–H groups in total. The van der Waals surface area contributed by atoms with E-state index in [9.17, 15) is 8.78 Å². The van der Waals surface area contributed by atoms with Crippen LogP contribution >= 0.6 is 0 Å². The predicted octanol–water partition coefficient (Wildman–Crippen LogP) is 3.52. The van der Waals surface area contributed by atoms with Crippen LogP contribution in [0, 0.1) is 11.6 Å². The van der Waals surface area contributed by atoms with Gasteiger partial charge in [0, 0.05) is 11.6 Å². The molecule has 0 atom stereocenters. The summed E-state index contributed by atoms with van der Waals surface area (Å²) >= 11 is 0. The third kappa shape index (κ3) is 3.38. The number of nitrogens with zero attached hydrogens (tertiary/aromatic N) is 1. The van der Waals surface area contributed by atoms with Gasteiger partial charge in [-0.3, -0.25) is 0 Å². The number of hydrogen-bond donors (Lipinski definition) is 0. The summed E-state index contributed by atoms with van der Waals surface area (Å²) in [5, 5.41) is 3.72. The van der Waals surface area contributed by atoms with Crippen LogP contribution in [0.5, 0.6) is 0 Å². The second kappa shape index (κ2) is 5.91. The minimum atomic E-state index is -0.634. The minimum Gasteiger partial charge on any atom is -0.391 e. The van der Waals surface area contributed by atoms with Crippen LogP contribution in [0.4, 0.5) is 8.78 Å². The zero-order valence-corrected chi connectivity index (χ0v) is 9.51. The maximum atomic E-state index is 13.2. The summed E-state index contributed by atoms with van der Waals surface area (Å²) in [7, 11) is 0. The van der Waals surface area contributed by atoms with Gasteiger partial charge in [0.15, 0.2) is 0 Å². The smallest absolute Gasteiger partial charge is 0.145 e. The van der Waals surface area contributed by atoms with Crippen LogP contribution in [0.15, 0.2) is 53.7 Å². The summed E-state index contributed by atoms with van der Waals surface area (Å²) in [5.41, 5.74) is 1.15. The van der Waals surface area contributed by atoms with Crippen LogP contribution in [-0.4, -0.2) is 6.21 Å². The van der Waals surface area contributed by atoms with E-state index in [4.69, 9.17) is 4.84 Å². The fraction of sp³-hybridized carbons (Fsp3) is 0.0714. The third-order valence-electron chi connectivity index (χ3n) is 2.31. The van der Waals surface area contributed by atoms with Gasteiger partial charge in [0.1, 0.15) is 18.2 Å². The number of rotatable bonds is 4. The first-order valence-corrected chi connectivity index (χ1v) is 5.40. The summed E-state index contributed by atoms with van der Waals surface area (Å²) in [6, 6.07) is 12.7. The van der Waals surface area contributed by atoms with E-state index >= 15 is 0 Å². The average Bonchev–Trinajstić information content (AvgIpc) is 2.38. The van der Waals surface area contributed by atoms with E-state index < -0.39 is 11.6 Å². The molecule has 0 aliphatic rings. The topological polar surface area (TPSA) is 21.6 Å². The molecule has 0 unspecified atom stereocenters. The Morgan fingerprint density at radius 1 is 1.06 bits per heavy atom. The maximum Gasteiger partial charge on any atom is 0.145 e. The van der Waals surface area contributed by atoms with Crippen molar-refractivity contribution >= 4 is 6.21 Å². The van der Waals surface area contributed by atoms with Crippen molar-refractivity contribution < 1.29 is 13.6 Å². The van der Waals surface area contributed by atoms with Crippen molar-refractivity contribution in [3.05, 3.63) is 71.3 Å². The van der Waals surface area contributed by atoms with Crippen molar-refractivity contribution in [2.45, 2.75) is 6.61 Å². The van der Waals surface area contributed by atoms with E-state index in [1.54, 1.807) is 0 Å². The number of halogens is 2. The van der Waals surface area contributed by atoms with Crippen LogP contribution in [0.25, 0.3) is 0 Å². The van der Waals surface area contributed by atoms with Crippen molar-refractivity contribution in [3.63, 3.8) is 0 Å². The highest BCUT2D eigenvalue weighted by Gasteiger charge is 2.03. The summed E-state index contributed by atoms with van der Waals surface area (Å²) in [5.74, 6) is -1.24. The summed E-state index contributed by atoms with van der Waals surface area (Å²) in [6.45, 7) is -0.0323. The number of benzene rings is 2. The molecule has 0 heterocycles. The van der Waals surface area contributed by atoms with E-state index in [-0.39, 0.29) is 12.2 Å². The van der Waals surface area contributed by atoms with Gasteiger partial charge in [-0.05, 0) is 17.7 Å². The van der Waals surface area contributed by atoms with Gasteiger partial charge in [-0.25, -0.2) is 8.78 Å². The molecule has 2 rings (SSSR count). The Hall–Kier alpha value is -2.23. The molecule has 0 aromatic heterocycles. The predicted molar refractivity (Wildman–Crippen MR) is 65.2 cm³/mol. The average molecular weight is 247 g/mol. The molecule has 2 aromatic rings. The first kappa shape index (κ1) is 12.2. The fourth-order valence-corrected chi connectivity index (χ4v) is 1.38. The van der Waals surface area contributed by atoms with Crippen molar-refractivity contribution in [1.29, 1.82) is 0 Å². The van der Waals surface area contributed by atoms with Crippen molar-refractivity contribution in [3.8, 4) is 0 Å². The fourth-order valence-electron chi connectivity index (χ4n) is 1.38. The molecule has 0 bridgehead atoms. The lowest BCUT2D eigenvalue weighted by atomic mass is 10.2. The molecule has 0 saturated heterocycles. The molecular weight excluding hydrogens is 236 g/mol. The molecule has 2 nitrogen and oxygen atoms in total. The van der Waals surface area contributed by atoms with E-state index in [0.717, 1.165) is 11.6 Å². The lowest BCUT2D eigenvalue weighted by molar-refractivity contribution is 0.129. The molecule has 0 spiro atoms. The van der Waals surface area contributed by atoms with Crippen LogP contribution in [0.3, 0.4) is 0 Å². The molecule has 0 aliphatic carbocycles. The van der Waals surface area contributed by atoms with Crippen molar-refractivity contribution in [2.75, 3.05) is 0 Å². The van der Waals surface area contributed by atoms with Gasteiger partial charge < -0.3 is 4.84 Å². The highest BCUT2D eigenvalue weighted by molar-refractivity contribution is 5.78. The molecular formula is C14H11F2NO. The maximum absolute atomic E-state index is 13.2. The Kier molecular flexibility index (Phi) is 4.02. The quantitative estimate of drug-likeness (QED) is 0.598.